The molecule has 1 aliphatic rings. The highest BCUT2D eigenvalue weighted by Crippen LogP contribution is 2.43. The van der Waals surface area contributed by atoms with Crippen molar-refractivity contribution in [1.82, 2.24) is 10.2 Å². The van der Waals surface area contributed by atoms with Crippen LogP contribution in [-0.2, 0) is 23.8 Å². The maximum atomic E-state index is 13.3. The van der Waals surface area contributed by atoms with Gasteiger partial charge in [-0.05, 0) is 51.3 Å². The number of nitrogens with zero attached hydrogens (tertiary/aromatic N) is 1. The van der Waals surface area contributed by atoms with Crippen molar-refractivity contribution in [3.8, 4) is 0 Å². The molecule has 0 radical (unpaired) electrons. The van der Waals surface area contributed by atoms with Gasteiger partial charge in [-0.1, -0.05) is 12.1 Å². The van der Waals surface area contributed by atoms with Gasteiger partial charge in [0.05, 0.1) is 19.8 Å². The molecule has 9 nitrogen and oxygen atoms in total. The number of nitrogens with one attached hydrogen (secondary N) is 1. The van der Waals surface area contributed by atoms with Gasteiger partial charge in [0.15, 0.2) is 0 Å². The van der Waals surface area contributed by atoms with E-state index in [1.54, 1.807) is 20.8 Å². The Labute approximate surface area is 175 Å². The molecule has 0 aliphatic heterocycles. The molecule has 30 heavy (non-hydrogen) atoms. The van der Waals surface area contributed by atoms with Gasteiger partial charge < -0.3 is 24.4 Å². The maximum absolute atomic E-state index is 13.3. The number of esters is 2. The van der Waals surface area contributed by atoms with E-state index in [1.807, 2.05) is 0 Å². The molecule has 1 N–H and O–H groups in total. The van der Waals surface area contributed by atoms with E-state index in [2.05, 4.69) is 10.1 Å². The van der Waals surface area contributed by atoms with Gasteiger partial charge in [-0.3, -0.25) is 4.79 Å². The number of hydrogen-bond acceptors (Lipinski definition) is 7. The molecule has 0 saturated heterocycles. The zero-order valence-corrected chi connectivity index (χ0v) is 18.1. The lowest BCUT2D eigenvalue weighted by atomic mass is 10.0. The Morgan fingerprint density at radius 1 is 1.03 bits per heavy atom. The summed E-state index contributed by atoms with van der Waals surface area (Å²) >= 11 is 0. The van der Waals surface area contributed by atoms with E-state index in [1.165, 1.54) is 50.4 Å². The van der Waals surface area contributed by atoms with Gasteiger partial charge in [-0.2, -0.15) is 0 Å². The number of alkyl carbamates (subject to hydrolysis) is 1. The Bertz CT molecular complexity index is 823. The van der Waals surface area contributed by atoms with Crippen LogP contribution in [-0.4, -0.2) is 61.2 Å². The number of carbonyl (C=O) groups excluding carboxylic acids is 4. The van der Waals surface area contributed by atoms with Crippen molar-refractivity contribution >= 4 is 23.9 Å². The molecule has 0 bridgehead atoms. The number of amides is 2. The molecule has 0 spiro atoms. The first-order valence-electron chi connectivity index (χ1n) is 9.49. The van der Waals surface area contributed by atoms with Crippen LogP contribution in [0.25, 0.3) is 0 Å². The number of hydrogen-bond donors (Lipinski definition) is 1. The van der Waals surface area contributed by atoms with Gasteiger partial charge in [0.1, 0.15) is 17.2 Å². The fourth-order valence-corrected chi connectivity index (χ4v) is 3.03. The van der Waals surface area contributed by atoms with E-state index >= 15 is 0 Å². The summed E-state index contributed by atoms with van der Waals surface area (Å²) in [5, 5.41) is 2.57. The second kappa shape index (κ2) is 8.73. The van der Waals surface area contributed by atoms with E-state index in [9.17, 15) is 19.2 Å². The van der Waals surface area contributed by atoms with Crippen LogP contribution in [0.15, 0.2) is 24.3 Å². The van der Waals surface area contributed by atoms with Gasteiger partial charge in [0, 0.05) is 7.05 Å². The Morgan fingerprint density at radius 2 is 1.60 bits per heavy atom. The molecule has 1 aromatic rings. The average molecular weight is 420 g/mol. The summed E-state index contributed by atoms with van der Waals surface area (Å²) in [5.74, 6) is -1.53. The van der Waals surface area contributed by atoms with Gasteiger partial charge in [-0.25, -0.2) is 14.4 Å². The van der Waals surface area contributed by atoms with E-state index in [4.69, 9.17) is 9.47 Å². The predicted octanol–water partition coefficient (Wildman–Crippen LogP) is 2.20. The van der Waals surface area contributed by atoms with Gasteiger partial charge in [0.25, 0.3) is 5.91 Å². The molecule has 0 heterocycles. The number of carbonyl (C=O) groups is 4. The zero-order valence-electron chi connectivity index (χ0n) is 18.1. The fourth-order valence-electron chi connectivity index (χ4n) is 3.03. The lowest BCUT2D eigenvalue weighted by molar-refractivity contribution is -0.154. The molecule has 1 aliphatic carbocycles. The molecule has 2 amide bonds. The molecule has 1 fully saturated rings. The first-order valence-corrected chi connectivity index (χ1v) is 9.49. The highest BCUT2D eigenvalue weighted by atomic mass is 16.6. The smallest absolute Gasteiger partial charge is 0.408 e. The molecule has 9 heteroatoms. The van der Waals surface area contributed by atoms with Crippen LogP contribution in [0.1, 0.15) is 55.6 Å². The van der Waals surface area contributed by atoms with Crippen molar-refractivity contribution in [2.45, 2.75) is 50.8 Å². The lowest BCUT2D eigenvalue weighted by Crippen LogP contribution is -2.50. The quantitative estimate of drug-likeness (QED) is 0.555. The molecular weight excluding hydrogens is 392 g/mol. The highest BCUT2D eigenvalue weighted by molar-refractivity contribution is 5.94. The Kier molecular flexibility index (Phi) is 6.74. The summed E-state index contributed by atoms with van der Waals surface area (Å²) in [6.07, 6.45) is 0.166. The molecule has 1 unspecified atom stereocenters. The fraction of sp³-hybridized carbons (Fsp3) is 0.524. The van der Waals surface area contributed by atoms with Crippen LogP contribution >= 0.6 is 0 Å². The topological polar surface area (TPSA) is 111 Å². The first-order chi connectivity index (χ1) is 13.9. The standard InChI is InChI=1S/C21H28N2O7/c1-20(2,3)30-19(27)22-15(13-7-9-14(10-8-13)17(25)28-5)16(24)23(4)21(11-12-21)18(26)29-6/h7-10,15H,11-12H2,1-6H3,(H,22,27). The number of ether oxygens (including phenoxy) is 3. The third kappa shape index (κ3) is 5.08. The van der Waals surface area contributed by atoms with E-state index < -0.39 is 41.1 Å². The predicted molar refractivity (Wildman–Crippen MR) is 107 cm³/mol. The molecule has 2 rings (SSSR count). The van der Waals surface area contributed by atoms with Crippen LogP contribution in [0.3, 0.4) is 0 Å². The molecule has 1 atom stereocenters. The van der Waals surface area contributed by atoms with Gasteiger partial charge >= 0.3 is 18.0 Å². The maximum Gasteiger partial charge on any atom is 0.408 e. The van der Waals surface area contributed by atoms with Crippen molar-refractivity contribution in [2.24, 2.45) is 0 Å². The molecule has 1 aromatic carbocycles. The van der Waals surface area contributed by atoms with Crippen molar-refractivity contribution in [3.05, 3.63) is 35.4 Å². The monoisotopic (exact) mass is 420 g/mol. The van der Waals surface area contributed by atoms with Crippen LogP contribution in [0.4, 0.5) is 4.79 Å². The van der Waals surface area contributed by atoms with E-state index in [0.717, 1.165) is 0 Å². The van der Waals surface area contributed by atoms with Crippen LogP contribution in [0.2, 0.25) is 0 Å². The lowest BCUT2D eigenvalue weighted by Gasteiger charge is -2.31. The Hall–Kier alpha value is -3.10. The van der Waals surface area contributed by atoms with Gasteiger partial charge in [0.2, 0.25) is 0 Å². The van der Waals surface area contributed by atoms with Gasteiger partial charge in [-0.15, -0.1) is 0 Å². The van der Waals surface area contributed by atoms with Crippen LogP contribution in [0.5, 0.6) is 0 Å². The number of benzene rings is 1. The van der Waals surface area contributed by atoms with Crippen molar-refractivity contribution in [1.29, 1.82) is 0 Å². The second-order valence-corrected chi connectivity index (χ2v) is 8.11. The first kappa shape index (κ1) is 23.2. The largest absolute Gasteiger partial charge is 0.467 e. The SMILES string of the molecule is COC(=O)c1ccc(C(NC(=O)OC(C)(C)C)C(=O)N(C)C2(C(=O)OC)CC2)cc1. The zero-order chi connectivity index (χ0) is 22.7. The summed E-state index contributed by atoms with van der Waals surface area (Å²) < 4.78 is 14.8. The summed E-state index contributed by atoms with van der Waals surface area (Å²) in [5.41, 5.74) is -1.08. The number of rotatable bonds is 6. The third-order valence-corrected chi connectivity index (χ3v) is 4.83. The third-order valence-electron chi connectivity index (χ3n) is 4.83. The highest BCUT2D eigenvalue weighted by Gasteiger charge is 2.57. The summed E-state index contributed by atoms with van der Waals surface area (Å²) in [6, 6.07) is 4.94. The molecular formula is C21H28N2O7. The molecule has 164 valence electrons. The minimum Gasteiger partial charge on any atom is -0.467 e. The van der Waals surface area contributed by atoms with Crippen molar-refractivity contribution in [2.75, 3.05) is 21.3 Å². The van der Waals surface area contributed by atoms with Crippen LogP contribution in [0, 0.1) is 0 Å². The molecule has 1 saturated carbocycles. The second-order valence-electron chi connectivity index (χ2n) is 8.11. The Balaban J connectivity index is 2.33. The summed E-state index contributed by atoms with van der Waals surface area (Å²) in [6.45, 7) is 5.12. The number of likely N-dealkylation sites (N-methyl/N-ethyl adjacent to an activating group) is 1. The minimum absolute atomic E-state index is 0.297. The van der Waals surface area contributed by atoms with Crippen LogP contribution < -0.4 is 5.32 Å². The molecule has 0 aromatic heterocycles. The Morgan fingerprint density at radius 3 is 2.03 bits per heavy atom. The van der Waals surface area contributed by atoms with E-state index in [0.29, 0.717) is 24.0 Å². The number of methoxy groups -OCH3 is 2. The summed E-state index contributed by atoms with van der Waals surface area (Å²) in [4.78, 5) is 50.8. The minimum atomic E-state index is -1.13. The van der Waals surface area contributed by atoms with Crippen molar-refractivity contribution in [3.63, 3.8) is 0 Å². The summed E-state index contributed by atoms with van der Waals surface area (Å²) in [7, 11) is 4.03. The normalized spacial score (nSPS) is 15.4. The van der Waals surface area contributed by atoms with Crippen molar-refractivity contribution < 1.29 is 33.4 Å². The average Bonchev–Trinajstić information content (AvgIpc) is 3.50. The van der Waals surface area contributed by atoms with E-state index in [-0.39, 0.29) is 0 Å².